The second-order valence-electron chi connectivity index (χ2n) is 13.4. The summed E-state index contributed by atoms with van der Waals surface area (Å²) in [6.45, 7) is 6.83. The van der Waals surface area contributed by atoms with Crippen molar-refractivity contribution < 1.29 is 0 Å². The van der Waals surface area contributed by atoms with Crippen LogP contribution in [0.15, 0.2) is 176 Å². The predicted octanol–water partition coefficient (Wildman–Crippen LogP) is 12.4. The molecule has 0 spiro atoms. The Kier molecular flexibility index (Phi) is 7.69. The number of hydrogen-bond acceptors (Lipinski definition) is 3. The molecule has 0 aliphatic rings. The van der Waals surface area contributed by atoms with Crippen molar-refractivity contribution in [1.29, 1.82) is 0 Å². The van der Waals surface area contributed by atoms with Crippen molar-refractivity contribution in [3.63, 3.8) is 0 Å². The van der Waals surface area contributed by atoms with Crippen molar-refractivity contribution >= 4 is 56.1 Å². The highest BCUT2D eigenvalue weighted by Gasteiger charge is 2.21. The van der Waals surface area contributed by atoms with Gasteiger partial charge in [0, 0.05) is 39.2 Å². The van der Waals surface area contributed by atoms with Crippen LogP contribution in [-0.4, -0.2) is 9.55 Å². The number of nitrogens with zero attached hydrogens (tertiary/aromatic N) is 4. The first-order chi connectivity index (χ1) is 24.0. The molecular weight excluding hydrogens is 597 g/mol. The second-order valence-corrected chi connectivity index (χ2v) is 13.4. The highest BCUT2D eigenvalue weighted by Crippen LogP contribution is 2.41. The zero-order valence-electron chi connectivity index (χ0n) is 28.0. The Labute approximate surface area is 288 Å². The summed E-state index contributed by atoms with van der Waals surface area (Å²) in [5, 5.41) is 2.45. The molecule has 0 amide bonds. The molecule has 0 aliphatic heterocycles. The molecule has 0 aliphatic carbocycles. The maximum Gasteiger partial charge on any atom is 0.137 e. The van der Waals surface area contributed by atoms with E-state index in [1.54, 1.807) is 0 Å². The van der Waals surface area contributed by atoms with E-state index in [4.69, 9.17) is 4.98 Å². The molecule has 4 nitrogen and oxygen atoms in total. The van der Waals surface area contributed by atoms with Crippen LogP contribution in [0, 0.1) is 0 Å². The molecule has 0 fully saturated rings. The number of benzene rings is 6. The van der Waals surface area contributed by atoms with Crippen LogP contribution in [-0.2, 0) is 5.41 Å². The van der Waals surface area contributed by atoms with Crippen LogP contribution in [0.2, 0.25) is 0 Å². The summed E-state index contributed by atoms with van der Waals surface area (Å²) in [6, 6.07) is 60.0. The normalized spacial score (nSPS) is 11.6. The molecule has 0 radical (unpaired) electrons. The van der Waals surface area contributed by atoms with Gasteiger partial charge in [-0.25, -0.2) is 4.98 Å². The van der Waals surface area contributed by atoms with Crippen molar-refractivity contribution in [2.45, 2.75) is 26.2 Å². The first-order valence-electron chi connectivity index (χ1n) is 16.8. The molecule has 0 N–H and O–H groups in total. The van der Waals surface area contributed by atoms with Crippen molar-refractivity contribution in [2.24, 2.45) is 0 Å². The van der Waals surface area contributed by atoms with E-state index in [-0.39, 0.29) is 5.41 Å². The Hall–Kier alpha value is -6.13. The van der Waals surface area contributed by atoms with Crippen LogP contribution in [0.3, 0.4) is 0 Å². The number of fused-ring (bicyclic) bond motifs is 3. The van der Waals surface area contributed by atoms with Crippen LogP contribution in [0.25, 0.3) is 27.5 Å². The molecule has 0 bridgehead atoms. The molecule has 2 heterocycles. The predicted molar refractivity (Wildman–Crippen MR) is 207 cm³/mol. The summed E-state index contributed by atoms with van der Waals surface area (Å²) in [6.07, 6.45) is 1.97. The third-order valence-electron chi connectivity index (χ3n) is 9.15. The van der Waals surface area contributed by atoms with Gasteiger partial charge in [0.2, 0.25) is 0 Å². The van der Waals surface area contributed by atoms with E-state index >= 15 is 0 Å². The maximum atomic E-state index is 5.12. The molecule has 8 rings (SSSR count). The van der Waals surface area contributed by atoms with Crippen molar-refractivity contribution in [3.8, 4) is 5.69 Å². The van der Waals surface area contributed by atoms with Crippen LogP contribution in [0.1, 0.15) is 26.3 Å². The average Bonchev–Trinajstić information content (AvgIpc) is 3.47. The first-order valence-corrected chi connectivity index (χ1v) is 16.8. The lowest BCUT2D eigenvalue weighted by molar-refractivity contribution is 0.591. The van der Waals surface area contributed by atoms with Crippen molar-refractivity contribution in [1.82, 2.24) is 9.55 Å². The zero-order valence-corrected chi connectivity index (χ0v) is 28.0. The zero-order chi connectivity index (χ0) is 33.4. The summed E-state index contributed by atoms with van der Waals surface area (Å²) >= 11 is 0. The van der Waals surface area contributed by atoms with Gasteiger partial charge >= 0.3 is 0 Å². The minimum absolute atomic E-state index is 0.0299. The van der Waals surface area contributed by atoms with Gasteiger partial charge in [0.15, 0.2) is 0 Å². The van der Waals surface area contributed by atoms with Crippen molar-refractivity contribution in [3.05, 3.63) is 182 Å². The van der Waals surface area contributed by atoms with E-state index in [0.717, 1.165) is 39.9 Å². The first kappa shape index (κ1) is 30.2. The monoisotopic (exact) mass is 634 g/mol. The van der Waals surface area contributed by atoms with Crippen LogP contribution in [0.4, 0.5) is 34.3 Å². The Morgan fingerprint density at radius 2 is 0.939 bits per heavy atom. The number of aromatic nitrogens is 2. The Morgan fingerprint density at radius 3 is 1.47 bits per heavy atom. The largest absolute Gasteiger partial charge is 0.309 e. The molecule has 0 atom stereocenters. The Balaban J connectivity index is 1.29. The van der Waals surface area contributed by atoms with Gasteiger partial charge in [0.25, 0.3) is 0 Å². The SMILES string of the molecule is CC(C)(C)c1ccc2c(c1)c1cc(N(c3ccccc3)c3ccc(N(c4ccccc4)c4ccccc4)cn3)ccc1n2-c1ccccc1. The third kappa shape index (κ3) is 5.72. The number of rotatable bonds is 7. The summed E-state index contributed by atoms with van der Waals surface area (Å²) < 4.78 is 2.38. The van der Waals surface area contributed by atoms with Gasteiger partial charge in [-0.15, -0.1) is 0 Å². The number of pyridine rings is 1. The fourth-order valence-corrected chi connectivity index (χ4v) is 6.71. The summed E-state index contributed by atoms with van der Waals surface area (Å²) in [7, 11) is 0. The summed E-state index contributed by atoms with van der Waals surface area (Å²) in [5.41, 5.74) is 10.1. The summed E-state index contributed by atoms with van der Waals surface area (Å²) in [4.78, 5) is 9.61. The van der Waals surface area contributed by atoms with Gasteiger partial charge in [0.1, 0.15) is 5.82 Å². The molecule has 238 valence electrons. The van der Waals surface area contributed by atoms with Crippen LogP contribution >= 0.6 is 0 Å². The van der Waals surface area contributed by atoms with Gasteiger partial charge in [-0.1, -0.05) is 99.6 Å². The highest BCUT2D eigenvalue weighted by atomic mass is 15.2. The highest BCUT2D eigenvalue weighted by molar-refractivity contribution is 6.11. The maximum absolute atomic E-state index is 5.12. The minimum Gasteiger partial charge on any atom is -0.309 e. The minimum atomic E-state index is 0.0299. The molecular formula is C45H38N4. The average molecular weight is 635 g/mol. The number of hydrogen-bond donors (Lipinski definition) is 0. The third-order valence-corrected chi connectivity index (χ3v) is 9.15. The van der Waals surface area contributed by atoms with E-state index in [0.29, 0.717) is 0 Å². The smallest absolute Gasteiger partial charge is 0.137 e. The molecule has 0 saturated heterocycles. The molecule has 0 saturated carbocycles. The Morgan fingerprint density at radius 1 is 0.449 bits per heavy atom. The fourth-order valence-electron chi connectivity index (χ4n) is 6.71. The quantitative estimate of drug-likeness (QED) is 0.174. The van der Waals surface area contributed by atoms with Crippen LogP contribution < -0.4 is 9.80 Å². The van der Waals surface area contributed by atoms with E-state index in [2.05, 4.69) is 193 Å². The van der Waals surface area contributed by atoms with E-state index < -0.39 is 0 Å². The molecule has 0 unspecified atom stereocenters. The van der Waals surface area contributed by atoms with Crippen LogP contribution in [0.5, 0.6) is 0 Å². The van der Waals surface area contributed by atoms with Gasteiger partial charge in [-0.2, -0.15) is 0 Å². The second kappa shape index (κ2) is 12.5. The van der Waals surface area contributed by atoms with Gasteiger partial charge in [-0.3, -0.25) is 4.90 Å². The molecule has 4 heteroatoms. The summed E-state index contributed by atoms with van der Waals surface area (Å²) in [5.74, 6) is 0.845. The van der Waals surface area contributed by atoms with E-state index in [9.17, 15) is 0 Å². The topological polar surface area (TPSA) is 24.3 Å². The fraction of sp³-hybridized carbons (Fsp3) is 0.0889. The lowest BCUT2D eigenvalue weighted by Crippen LogP contribution is -2.13. The lowest BCUT2D eigenvalue weighted by Gasteiger charge is -2.27. The number of para-hydroxylation sites is 4. The van der Waals surface area contributed by atoms with Gasteiger partial charge < -0.3 is 9.47 Å². The van der Waals surface area contributed by atoms with Gasteiger partial charge in [-0.05, 0) is 102 Å². The molecule has 49 heavy (non-hydrogen) atoms. The van der Waals surface area contributed by atoms with E-state index in [1.807, 2.05) is 18.3 Å². The number of anilines is 6. The molecule has 8 aromatic rings. The molecule has 2 aromatic heterocycles. The Bertz CT molecular complexity index is 2300. The molecule has 6 aromatic carbocycles. The van der Waals surface area contributed by atoms with Gasteiger partial charge in [0.05, 0.1) is 22.9 Å². The standard InChI is InChI=1S/C45H38N4/c1-45(2,3)33-24-27-42-40(30-33)41-31-38(25-28-43(41)49(42)37-22-14-7-15-23-37)48(36-20-12-6-13-21-36)44-29-26-39(32-46-44)47(34-16-8-4-9-17-34)35-18-10-5-11-19-35/h4-32H,1-3H3. The van der Waals surface area contributed by atoms with Crippen molar-refractivity contribution in [2.75, 3.05) is 9.80 Å². The lowest BCUT2D eigenvalue weighted by atomic mass is 9.86. The van der Waals surface area contributed by atoms with E-state index in [1.165, 1.54) is 27.4 Å².